The second kappa shape index (κ2) is 5.58. The third kappa shape index (κ3) is 3.29. The number of carbonyl (C=O) groups is 1. The first-order valence-electron chi connectivity index (χ1n) is 4.91. The van der Waals surface area contributed by atoms with Crippen molar-refractivity contribution in [2.45, 2.75) is 25.5 Å². The Bertz CT molecular complexity index is 381. The highest BCUT2D eigenvalue weighted by Gasteiger charge is 2.13. The van der Waals surface area contributed by atoms with E-state index in [0.29, 0.717) is 5.56 Å². The zero-order valence-corrected chi connectivity index (χ0v) is 8.69. The van der Waals surface area contributed by atoms with Crippen molar-refractivity contribution in [1.82, 2.24) is 0 Å². The summed E-state index contributed by atoms with van der Waals surface area (Å²) in [6.07, 6.45) is 0.0606. The number of carboxylic acids is 1. The molecule has 0 amide bonds. The molecular weight excluding hydrogens is 213 g/mol. The lowest BCUT2D eigenvalue weighted by molar-refractivity contribution is -0.137. The van der Waals surface area contributed by atoms with Gasteiger partial charge >= 0.3 is 5.97 Å². The number of rotatable bonds is 5. The molecule has 1 unspecified atom stereocenters. The lowest BCUT2D eigenvalue weighted by Gasteiger charge is -2.12. The molecule has 4 N–H and O–H groups in total. The van der Waals surface area contributed by atoms with Crippen LogP contribution in [0.5, 0.6) is 0 Å². The van der Waals surface area contributed by atoms with Crippen molar-refractivity contribution in [3.63, 3.8) is 0 Å². The molecule has 0 heterocycles. The summed E-state index contributed by atoms with van der Waals surface area (Å²) in [5.74, 6) is -1.44. The van der Waals surface area contributed by atoms with Gasteiger partial charge in [-0.1, -0.05) is 6.07 Å². The fourth-order valence-electron chi connectivity index (χ4n) is 1.41. The van der Waals surface area contributed by atoms with Crippen LogP contribution >= 0.6 is 0 Å². The molecule has 1 atom stereocenters. The lowest BCUT2D eigenvalue weighted by Crippen LogP contribution is -2.14. The number of hydrogen-bond acceptors (Lipinski definition) is 3. The molecule has 0 saturated heterocycles. The summed E-state index contributed by atoms with van der Waals surface area (Å²) in [6.45, 7) is -0.196. The Hall–Kier alpha value is -1.46. The van der Waals surface area contributed by atoms with Gasteiger partial charge in [-0.25, -0.2) is 4.39 Å². The maximum absolute atomic E-state index is 13.4. The van der Waals surface area contributed by atoms with Crippen LogP contribution in [0.4, 0.5) is 4.39 Å². The minimum absolute atomic E-state index is 0.107. The number of halogens is 1. The van der Waals surface area contributed by atoms with E-state index in [1.165, 1.54) is 18.2 Å². The van der Waals surface area contributed by atoms with Crippen LogP contribution in [0.15, 0.2) is 18.2 Å². The number of benzene rings is 1. The van der Waals surface area contributed by atoms with Crippen molar-refractivity contribution in [3.05, 3.63) is 35.1 Å². The van der Waals surface area contributed by atoms with Gasteiger partial charge in [0.1, 0.15) is 5.82 Å². The molecule has 1 rings (SSSR count). The van der Waals surface area contributed by atoms with Crippen molar-refractivity contribution in [2.24, 2.45) is 5.73 Å². The van der Waals surface area contributed by atoms with E-state index < -0.39 is 17.8 Å². The van der Waals surface area contributed by atoms with Crippen LogP contribution in [-0.4, -0.2) is 16.2 Å². The molecule has 88 valence electrons. The normalized spacial score (nSPS) is 12.4. The van der Waals surface area contributed by atoms with E-state index in [4.69, 9.17) is 15.9 Å². The maximum Gasteiger partial charge on any atom is 0.303 e. The summed E-state index contributed by atoms with van der Waals surface area (Å²) in [6, 6.07) is 3.48. The van der Waals surface area contributed by atoms with E-state index in [9.17, 15) is 9.18 Å². The maximum atomic E-state index is 13.4. The van der Waals surface area contributed by atoms with Crippen molar-refractivity contribution < 1.29 is 19.4 Å². The second-order valence-corrected chi connectivity index (χ2v) is 3.55. The van der Waals surface area contributed by atoms with Gasteiger partial charge in [-0.05, 0) is 24.1 Å². The van der Waals surface area contributed by atoms with Gasteiger partial charge in [0.15, 0.2) is 0 Å². The highest BCUT2D eigenvalue weighted by atomic mass is 19.1. The predicted molar refractivity (Wildman–Crippen MR) is 56.1 cm³/mol. The van der Waals surface area contributed by atoms with Gasteiger partial charge < -0.3 is 15.9 Å². The highest BCUT2D eigenvalue weighted by Crippen LogP contribution is 2.20. The smallest absolute Gasteiger partial charge is 0.303 e. The van der Waals surface area contributed by atoms with Crippen LogP contribution in [0.1, 0.15) is 30.0 Å². The van der Waals surface area contributed by atoms with Gasteiger partial charge in [0.25, 0.3) is 0 Å². The Morgan fingerprint density at radius 1 is 1.50 bits per heavy atom. The SMILES string of the molecule is NC(CCC(=O)O)c1cc(CO)ccc1F. The number of carboxylic acid groups (broad SMARTS) is 1. The van der Waals surface area contributed by atoms with Gasteiger partial charge in [0.2, 0.25) is 0 Å². The Balaban J connectivity index is 2.80. The molecular formula is C11H14FNO3. The van der Waals surface area contributed by atoms with Crippen molar-refractivity contribution in [1.29, 1.82) is 0 Å². The molecule has 16 heavy (non-hydrogen) atoms. The number of aliphatic hydroxyl groups is 1. The third-order valence-corrected chi connectivity index (χ3v) is 2.31. The second-order valence-electron chi connectivity index (χ2n) is 3.55. The van der Waals surface area contributed by atoms with Crippen LogP contribution in [0, 0.1) is 5.82 Å². The van der Waals surface area contributed by atoms with E-state index in [1.807, 2.05) is 0 Å². The molecule has 0 bridgehead atoms. The number of aliphatic hydroxyl groups excluding tert-OH is 1. The molecule has 5 heteroatoms. The average molecular weight is 227 g/mol. The molecule has 0 saturated carbocycles. The van der Waals surface area contributed by atoms with Gasteiger partial charge in [0.05, 0.1) is 6.61 Å². The predicted octanol–water partition coefficient (Wildman–Crippen LogP) is 1.18. The molecule has 1 aromatic rings. The van der Waals surface area contributed by atoms with Crippen molar-refractivity contribution in [2.75, 3.05) is 0 Å². The van der Waals surface area contributed by atoms with Crippen molar-refractivity contribution >= 4 is 5.97 Å². The summed E-state index contributed by atoms with van der Waals surface area (Å²) in [5.41, 5.74) is 6.48. The minimum Gasteiger partial charge on any atom is -0.481 e. The van der Waals surface area contributed by atoms with Crippen LogP contribution < -0.4 is 5.73 Å². The van der Waals surface area contributed by atoms with Gasteiger partial charge in [-0.3, -0.25) is 4.79 Å². The molecule has 0 spiro atoms. The zero-order chi connectivity index (χ0) is 12.1. The molecule has 0 aliphatic carbocycles. The summed E-state index contributed by atoms with van der Waals surface area (Å²) in [7, 11) is 0. The van der Waals surface area contributed by atoms with Gasteiger partial charge in [0, 0.05) is 18.0 Å². The van der Waals surface area contributed by atoms with Crippen molar-refractivity contribution in [3.8, 4) is 0 Å². The van der Waals surface area contributed by atoms with E-state index in [0.717, 1.165) is 0 Å². The Morgan fingerprint density at radius 3 is 2.75 bits per heavy atom. The van der Waals surface area contributed by atoms with Crippen LogP contribution in [0.2, 0.25) is 0 Å². The highest BCUT2D eigenvalue weighted by molar-refractivity contribution is 5.66. The molecule has 0 aromatic heterocycles. The Labute approximate surface area is 92.5 Å². The van der Waals surface area contributed by atoms with Crippen LogP contribution in [0.3, 0.4) is 0 Å². The quantitative estimate of drug-likeness (QED) is 0.705. The zero-order valence-electron chi connectivity index (χ0n) is 8.69. The monoisotopic (exact) mass is 227 g/mol. The minimum atomic E-state index is -0.964. The topological polar surface area (TPSA) is 83.6 Å². The van der Waals surface area contributed by atoms with E-state index in [1.54, 1.807) is 0 Å². The molecule has 1 aromatic carbocycles. The number of nitrogens with two attached hydrogens (primary N) is 1. The summed E-state index contributed by atoms with van der Waals surface area (Å²) < 4.78 is 13.4. The molecule has 0 fully saturated rings. The average Bonchev–Trinajstić information content (AvgIpc) is 2.26. The van der Waals surface area contributed by atoms with Crippen LogP contribution in [0.25, 0.3) is 0 Å². The first kappa shape index (κ1) is 12.6. The molecule has 0 aliphatic rings. The van der Waals surface area contributed by atoms with Gasteiger partial charge in [-0.15, -0.1) is 0 Å². The number of hydrogen-bond donors (Lipinski definition) is 3. The fraction of sp³-hybridized carbons (Fsp3) is 0.364. The Morgan fingerprint density at radius 2 is 2.19 bits per heavy atom. The van der Waals surface area contributed by atoms with Crippen LogP contribution in [-0.2, 0) is 11.4 Å². The largest absolute Gasteiger partial charge is 0.481 e. The lowest BCUT2D eigenvalue weighted by atomic mass is 10.0. The summed E-state index contributed by atoms with van der Waals surface area (Å²) >= 11 is 0. The van der Waals surface area contributed by atoms with E-state index in [2.05, 4.69) is 0 Å². The third-order valence-electron chi connectivity index (χ3n) is 2.31. The first-order chi connectivity index (χ1) is 7.54. The fourth-order valence-corrected chi connectivity index (χ4v) is 1.41. The first-order valence-corrected chi connectivity index (χ1v) is 4.91. The van der Waals surface area contributed by atoms with E-state index in [-0.39, 0.29) is 25.0 Å². The molecule has 0 aliphatic heterocycles. The number of aliphatic carboxylic acids is 1. The summed E-state index contributed by atoms with van der Waals surface area (Å²) in [4.78, 5) is 10.4. The molecule has 0 radical (unpaired) electrons. The van der Waals surface area contributed by atoms with Gasteiger partial charge in [-0.2, -0.15) is 0 Å². The van der Waals surface area contributed by atoms with E-state index >= 15 is 0 Å². The Kier molecular flexibility index (Phi) is 4.39. The summed E-state index contributed by atoms with van der Waals surface area (Å²) in [5, 5.41) is 17.4. The standard InChI is InChI=1S/C11H14FNO3/c12-9-2-1-7(6-14)5-8(9)10(13)3-4-11(15)16/h1-2,5,10,14H,3-4,6,13H2,(H,15,16). The molecule has 4 nitrogen and oxygen atoms in total.